The summed E-state index contributed by atoms with van der Waals surface area (Å²) in [5.41, 5.74) is 0.995. The van der Waals surface area contributed by atoms with Gasteiger partial charge in [0.1, 0.15) is 5.82 Å². The zero-order valence-electron chi connectivity index (χ0n) is 13.8. The number of amides is 1. The third-order valence-corrected chi connectivity index (χ3v) is 4.22. The van der Waals surface area contributed by atoms with Gasteiger partial charge in [0.15, 0.2) is 6.61 Å². The average Bonchev–Trinajstić information content (AvgIpc) is 2.67. The maximum absolute atomic E-state index is 14.2. The monoisotopic (exact) mass is 345 g/mol. The van der Waals surface area contributed by atoms with E-state index < -0.39 is 5.82 Å². The van der Waals surface area contributed by atoms with Gasteiger partial charge in [-0.3, -0.25) is 4.79 Å². The third-order valence-electron chi connectivity index (χ3n) is 4.22. The fourth-order valence-corrected chi connectivity index (χ4v) is 2.82. The number of aromatic nitrogens is 2. The summed E-state index contributed by atoms with van der Waals surface area (Å²) in [4.78, 5) is 21.9. The number of rotatable bonds is 5. The summed E-state index contributed by atoms with van der Waals surface area (Å²) < 4.78 is 19.6. The number of likely N-dealkylation sites (tertiary alicyclic amines) is 1. The zero-order valence-corrected chi connectivity index (χ0v) is 13.8. The van der Waals surface area contributed by atoms with E-state index in [2.05, 4.69) is 9.97 Å². The van der Waals surface area contributed by atoms with Crippen LogP contribution in [0.4, 0.5) is 4.39 Å². The molecule has 0 atom stereocenters. The topological polar surface area (TPSA) is 75.5 Å². The van der Waals surface area contributed by atoms with Gasteiger partial charge >= 0.3 is 6.01 Å². The molecule has 25 heavy (non-hydrogen) atoms. The highest BCUT2D eigenvalue weighted by atomic mass is 19.1. The van der Waals surface area contributed by atoms with Crippen LogP contribution >= 0.6 is 0 Å². The Labute approximate surface area is 145 Å². The highest BCUT2D eigenvalue weighted by Crippen LogP contribution is 2.24. The predicted molar refractivity (Wildman–Crippen MR) is 89.3 cm³/mol. The van der Waals surface area contributed by atoms with E-state index in [1.807, 2.05) is 0 Å². The van der Waals surface area contributed by atoms with E-state index in [4.69, 9.17) is 9.84 Å². The molecule has 132 valence electrons. The highest BCUT2D eigenvalue weighted by molar-refractivity contribution is 5.77. The number of piperidine rings is 1. The second-order valence-corrected chi connectivity index (χ2v) is 5.92. The van der Waals surface area contributed by atoms with E-state index in [1.54, 1.807) is 17.0 Å². The fraction of sp³-hybridized carbons (Fsp3) is 0.389. The minimum Gasteiger partial charge on any atom is -0.453 e. The van der Waals surface area contributed by atoms with Crippen LogP contribution in [0.25, 0.3) is 11.1 Å². The SMILES string of the molecule is O=C(COc1ncc(-c2cccc(CO)c2F)cn1)N1CCCCC1. The first-order chi connectivity index (χ1) is 12.2. The third kappa shape index (κ3) is 4.11. The van der Waals surface area contributed by atoms with E-state index in [0.717, 1.165) is 32.4 Å². The molecule has 1 aliphatic heterocycles. The summed E-state index contributed by atoms with van der Waals surface area (Å²) in [5, 5.41) is 9.14. The van der Waals surface area contributed by atoms with Crippen molar-refractivity contribution in [2.24, 2.45) is 0 Å². The van der Waals surface area contributed by atoms with Gasteiger partial charge in [-0.15, -0.1) is 0 Å². The number of aliphatic hydroxyl groups is 1. The van der Waals surface area contributed by atoms with Crippen molar-refractivity contribution in [3.63, 3.8) is 0 Å². The Balaban J connectivity index is 1.63. The van der Waals surface area contributed by atoms with E-state index in [1.165, 1.54) is 18.5 Å². The summed E-state index contributed by atoms with van der Waals surface area (Å²) in [7, 11) is 0. The number of hydrogen-bond acceptors (Lipinski definition) is 5. The summed E-state index contributed by atoms with van der Waals surface area (Å²) >= 11 is 0. The molecule has 0 radical (unpaired) electrons. The van der Waals surface area contributed by atoms with Crippen molar-refractivity contribution in [2.45, 2.75) is 25.9 Å². The van der Waals surface area contributed by atoms with Crippen molar-refractivity contribution in [1.29, 1.82) is 0 Å². The Morgan fingerprint density at radius 1 is 1.20 bits per heavy atom. The Kier molecular flexibility index (Phi) is 5.55. The second-order valence-electron chi connectivity index (χ2n) is 5.92. The van der Waals surface area contributed by atoms with Gasteiger partial charge in [0.25, 0.3) is 5.91 Å². The number of benzene rings is 1. The lowest BCUT2D eigenvalue weighted by molar-refractivity contribution is -0.134. The first-order valence-corrected chi connectivity index (χ1v) is 8.30. The largest absolute Gasteiger partial charge is 0.453 e. The van der Waals surface area contributed by atoms with Crippen LogP contribution in [0.1, 0.15) is 24.8 Å². The molecule has 0 unspecified atom stereocenters. The number of carbonyl (C=O) groups excluding carboxylic acids is 1. The number of carbonyl (C=O) groups is 1. The number of hydrogen-bond donors (Lipinski definition) is 1. The van der Waals surface area contributed by atoms with Crippen molar-refractivity contribution >= 4 is 5.91 Å². The van der Waals surface area contributed by atoms with Crippen molar-refractivity contribution in [1.82, 2.24) is 14.9 Å². The van der Waals surface area contributed by atoms with Gasteiger partial charge in [-0.1, -0.05) is 18.2 Å². The predicted octanol–water partition coefficient (Wildman–Crippen LogP) is 2.17. The molecule has 7 heteroatoms. The van der Waals surface area contributed by atoms with Crippen LogP contribution in [-0.4, -0.2) is 45.6 Å². The molecule has 0 aliphatic carbocycles. The molecular weight excluding hydrogens is 325 g/mol. The van der Waals surface area contributed by atoms with Gasteiger partial charge in [0.2, 0.25) is 0 Å². The number of aliphatic hydroxyl groups excluding tert-OH is 1. The van der Waals surface area contributed by atoms with Gasteiger partial charge in [-0.25, -0.2) is 14.4 Å². The molecule has 0 bridgehead atoms. The molecule has 1 amide bonds. The average molecular weight is 345 g/mol. The number of nitrogens with zero attached hydrogens (tertiary/aromatic N) is 3. The van der Waals surface area contributed by atoms with E-state index >= 15 is 0 Å². The van der Waals surface area contributed by atoms with Crippen molar-refractivity contribution in [3.8, 4) is 17.1 Å². The second kappa shape index (κ2) is 8.02. The first kappa shape index (κ1) is 17.3. The maximum Gasteiger partial charge on any atom is 0.316 e. The molecule has 1 aliphatic rings. The molecule has 0 spiro atoms. The van der Waals surface area contributed by atoms with Crippen LogP contribution in [0.3, 0.4) is 0 Å². The summed E-state index contributed by atoms with van der Waals surface area (Å²) in [6.45, 7) is 1.05. The molecule has 1 aromatic carbocycles. The van der Waals surface area contributed by atoms with Gasteiger partial charge < -0.3 is 14.7 Å². The van der Waals surface area contributed by atoms with Crippen molar-refractivity contribution in [3.05, 3.63) is 42.0 Å². The zero-order chi connectivity index (χ0) is 17.6. The number of halogens is 1. The fourth-order valence-electron chi connectivity index (χ4n) is 2.82. The highest BCUT2D eigenvalue weighted by Gasteiger charge is 2.17. The van der Waals surface area contributed by atoms with Crippen molar-refractivity contribution < 1.29 is 19.0 Å². The Morgan fingerprint density at radius 3 is 2.60 bits per heavy atom. The lowest BCUT2D eigenvalue weighted by atomic mass is 10.1. The molecule has 0 saturated carbocycles. The molecule has 2 aromatic rings. The van der Waals surface area contributed by atoms with Crippen LogP contribution in [0.2, 0.25) is 0 Å². The lowest BCUT2D eigenvalue weighted by Gasteiger charge is -2.26. The molecule has 3 rings (SSSR count). The Bertz CT molecular complexity index is 731. The molecule has 2 heterocycles. The van der Waals surface area contributed by atoms with E-state index in [0.29, 0.717) is 11.1 Å². The summed E-state index contributed by atoms with van der Waals surface area (Å²) in [6.07, 6.45) is 6.08. The minimum absolute atomic E-state index is 0.0749. The standard InChI is InChI=1S/C18H20FN3O3/c19-17-13(11-23)5-4-6-15(17)14-9-20-18(21-10-14)25-12-16(24)22-7-2-1-3-8-22/h4-6,9-10,23H,1-3,7-8,11-12H2. The summed E-state index contributed by atoms with van der Waals surface area (Å²) in [6, 6.07) is 4.84. The normalized spacial score (nSPS) is 14.4. The van der Waals surface area contributed by atoms with Gasteiger partial charge in [0, 0.05) is 42.2 Å². The first-order valence-electron chi connectivity index (χ1n) is 8.30. The van der Waals surface area contributed by atoms with Crippen LogP contribution in [-0.2, 0) is 11.4 Å². The Hall–Kier alpha value is -2.54. The van der Waals surface area contributed by atoms with Crippen LogP contribution in [0, 0.1) is 5.82 Å². The van der Waals surface area contributed by atoms with Gasteiger partial charge in [-0.2, -0.15) is 0 Å². The molecule has 6 nitrogen and oxygen atoms in total. The molecule has 1 saturated heterocycles. The molecule has 1 N–H and O–H groups in total. The van der Waals surface area contributed by atoms with Crippen LogP contribution in [0.15, 0.2) is 30.6 Å². The van der Waals surface area contributed by atoms with Gasteiger partial charge in [0.05, 0.1) is 6.61 Å². The molecule has 1 fully saturated rings. The van der Waals surface area contributed by atoms with E-state index in [9.17, 15) is 9.18 Å². The van der Waals surface area contributed by atoms with Crippen LogP contribution < -0.4 is 4.74 Å². The Morgan fingerprint density at radius 2 is 1.92 bits per heavy atom. The smallest absolute Gasteiger partial charge is 0.316 e. The number of ether oxygens (including phenoxy) is 1. The quantitative estimate of drug-likeness (QED) is 0.899. The van der Waals surface area contributed by atoms with Crippen molar-refractivity contribution in [2.75, 3.05) is 19.7 Å². The minimum atomic E-state index is -0.498. The van der Waals surface area contributed by atoms with Gasteiger partial charge in [-0.05, 0) is 19.3 Å². The summed E-state index contributed by atoms with van der Waals surface area (Å²) in [5.74, 6) is -0.573. The van der Waals surface area contributed by atoms with Crippen LogP contribution in [0.5, 0.6) is 6.01 Å². The lowest BCUT2D eigenvalue weighted by Crippen LogP contribution is -2.38. The van der Waals surface area contributed by atoms with E-state index in [-0.39, 0.29) is 30.7 Å². The molecule has 1 aromatic heterocycles. The molecular formula is C18H20FN3O3. The maximum atomic E-state index is 14.2.